The number of hydrogen-bond donors (Lipinski definition) is 2. The van der Waals surface area contributed by atoms with Crippen LogP contribution in [0.5, 0.6) is 0 Å². The van der Waals surface area contributed by atoms with Gasteiger partial charge in [0.2, 0.25) is 25.0 Å². The fourth-order valence-electron chi connectivity index (χ4n) is 5.36. The number of nitrogens with one attached hydrogen (secondary N) is 1. The van der Waals surface area contributed by atoms with Gasteiger partial charge in [0.05, 0.1) is 12.5 Å². The fourth-order valence-corrected chi connectivity index (χ4v) is 8.18. The molecule has 5 unspecified atom stereocenters. The summed E-state index contributed by atoms with van der Waals surface area (Å²) in [4.78, 5) is 51.1. The van der Waals surface area contributed by atoms with Crippen LogP contribution in [-0.4, -0.2) is 75.9 Å². The first kappa shape index (κ1) is 33.2. The van der Waals surface area contributed by atoms with Crippen LogP contribution in [0.1, 0.15) is 53.5 Å². The van der Waals surface area contributed by atoms with E-state index >= 15 is 0 Å². The Kier molecular flexibility index (Phi) is 9.87. The van der Waals surface area contributed by atoms with Gasteiger partial charge in [0.15, 0.2) is 0 Å². The van der Waals surface area contributed by atoms with Crippen molar-refractivity contribution < 1.29 is 43.1 Å². The number of rotatable bonds is 12. The molecule has 0 saturated carbocycles. The number of carbonyl (C=O) groups excluding carboxylic acids is 4. The van der Waals surface area contributed by atoms with E-state index in [0.29, 0.717) is 0 Å². The van der Waals surface area contributed by atoms with E-state index in [1.165, 1.54) is 11.9 Å². The predicted octanol–water partition coefficient (Wildman–Crippen LogP) is 4.18. The SMILES string of the molecule is CCOC(=O)C(C)N(CC1c2ccc(-c3ccccc3)c1c2)N1C(=O)CCP1(=O)C(C)(O)NC(=O)OC(C)OC(=O)C(C)C. The van der Waals surface area contributed by atoms with E-state index in [-0.39, 0.29) is 31.7 Å². The van der Waals surface area contributed by atoms with Crippen LogP contribution in [-0.2, 0) is 33.2 Å². The summed E-state index contributed by atoms with van der Waals surface area (Å²) in [7, 11) is -4.21. The van der Waals surface area contributed by atoms with Crippen molar-refractivity contribution in [2.75, 3.05) is 19.3 Å². The molecule has 2 aliphatic carbocycles. The summed E-state index contributed by atoms with van der Waals surface area (Å²) >= 11 is 0. The number of ether oxygens (including phenoxy) is 3. The summed E-state index contributed by atoms with van der Waals surface area (Å²) < 4.78 is 31.0. The average molecular weight is 630 g/mol. The zero-order valence-corrected chi connectivity index (χ0v) is 26.7. The predicted molar refractivity (Wildman–Crippen MR) is 161 cm³/mol. The van der Waals surface area contributed by atoms with Gasteiger partial charge < -0.3 is 19.3 Å². The Labute approximate surface area is 257 Å². The highest BCUT2D eigenvalue weighted by Crippen LogP contribution is 2.64. The van der Waals surface area contributed by atoms with Gasteiger partial charge >= 0.3 is 18.0 Å². The molecule has 0 spiro atoms. The lowest BCUT2D eigenvalue weighted by molar-refractivity contribution is -0.169. The highest BCUT2D eigenvalue weighted by atomic mass is 31.2. The number of allylic oxidation sites excluding steroid dienone is 4. The molecule has 12 nitrogen and oxygen atoms in total. The van der Waals surface area contributed by atoms with Crippen LogP contribution in [0, 0.1) is 11.8 Å². The Morgan fingerprint density at radius 1 is 1.11 bits per heavy atom. The van der Waals surface area contributed by atoms with Gasteiger partial charge in [-0.15, -0.1) is 0 Å². The Balaban J connectivity index is 1.60. The molecule has 1 aromatic rings. The molecular weight excluding hydrogens is 589 g/mol. The Morgan fingerprint density at radius 2 is 1.80 bits per heavy atom. The number of hydrogen-bond acceptors (Lipinski definition) is 10. The third-order valence-corrected chi connectivity index (χ3v) is 11.2. The van der Waals surface area contributed by atoms with E-state index in [0.717, 1.165) is 34.0 Å². The van der Waals surface area contributed by atoms with Gasteiger partial charge in [-0.05, 0) is 43.1 Å². The summed E-state index contributed by atoms with van der Waals surface area (Å²) in [6.07, 6.45) is 3.06. The van der Waals surface area contributed by atoms with Crippen LogP contribution in [0.4, 0.5) is 4.79 Å². The molecule has 2 amide bonds. The van der Waals surface area contributed by atoms with Crippen LogP contribution in [0.2, 0.25) is 0 Å². The normalized spacial score (nSPS) is 23.5. The molecule has 1 aromatic carbocycles. The number of nitrogens with zero attached hydrogens (tertiary/aromatic N) is 2. The Bertz CT molecular complexity index is 1450. The molecule has 1 saturated heterocycles. The zero-order valence-electron chi connectivity index (χ0n) is 25.8. The third kappa shape index (κ3) is 6.52. The molecule has 1 heterocycles. The number of alkyl carbamates (subject to hydrolysis) is 1. The number of esters is 2. The van der Waals surface area contributed by atoms with Crippen LogP contribution in [0.3, 0.4) is 0 Å². The minimum atomic E-state index is -4.21. The van der Waals surface area contributed by atoms with E-state index in [1.807, 2.05) is 48.6 Å². The number of carbonyl (C=O) groups is 4. The summed E-state index contributed by atoms with van der Waals surface area (Å²) in [6.45, 7) is 9.03. The standard InChI is InChI=1S/C31H40N3O9P/c1-7-41-29(37)20(4)33(18-26-23-13-14-24(25(26)17-23)22-11-9-8-10-12-22)34-27(35)15-16-44(34,40)31(6,39)32-30(38)43-21(5)42-28(36)19(2)3/h8-14,17,19-21,26,39H,7,15-16,18H2,1-6H3,(H,32,38). The van der Waals surface area contributed by atoms with Gasteiger partial charge in [-0.2, -0.15) is 5.01 Å². The van der Waals surface area contributed by atoms with Crippen LogP contribution < -0.4 is 5.32 Å². The number of hydrazine groups is 1. The molecule has 0 aromatic heterocycles. The Hall–Kier alpha value is -3.73. The summed E-state index contributed by atoms with van der Waals surface area (Å²) in [6, 6.07) is 8.72. The molecule has 2 bridgehead atoms. The summed E-state index contributed by atoms with van der Waals surface area (Å²) in [5.74, 6) is -2.51. The lowest BCUT2D eigenvalue weighted by Crippen LogP contribution is -2.57. The minimum Gasteiger partial charge on any atom is -0.465 e. The van der Waals surface area contributed by atoms with E-state index in [1.54, 1.807) is 27.7 Å². The third-order valence-electron chi connectivity index (χ3n) is 7.83. The monoisotopic (exact) mass is 629 g/mol. The highest BCUT2D eigenvalue weighted by Gasteiger charge is 2.58. The molecule has 0 radical (unpaired) electrons. The van der Waals surface area contributed by atoms with E-state index in [4.69, 9.17) is 14.2 Å². The second-order valence-electron chi connectivity index (χ2n) is 11.4. The maximum absolute atomic E-state index is 14.7. The van der Waals surface area contributed by atoms with Crippen molar-refractivity contribution in [3.63, 3.8) is 0 Å². The lowest BCUT2D eigenvalue weighted by atomic mass is 9.70. The lowest BCUT2D eigenvalue weighted by Gasteiger charge is -2.46. The summed E-state index contributed by atoms with van der Waals surface area (Å²) in [5, 5.41) is 15.1. The van der Waals surface area contributed by atoms with Crippen molar-refractivity contribution in [1.29, 1.82) is 0 Å². The van der Waals surface area contributed by atoms with Gasteiger partial charge in [0.25, 0.3) is 0 Å². The smallest absolute Gasteiger partial charge is 0.412 e. The van der Waals surface area contributed by atoms with E-state index in [2.05, 4.69) is 5.32 Å². The van der Waals surface area contributed by atoms with Gasteiger partial charge in [0, 0.05) is 32.0 Å². The van der Waals surface area contributed by atoms with Crippen molar-refractivity contribution in [3.8, 4) is 0 Å². The van der Waals surface area contributed by atoms with Crippen LogP contribution in [0.25, 0.3) is 5.57 Å². The van der Waals surface area contributed by atoms with Gasteiger partial charge in [0.1, 0.15) is 6.04 Å². The van der Waals surface area contributed by atoms with Gasteiger partial charge in [-0.3, -0.25) is 24.3 Å². The molecule has 44 heavy (non-hydrogen) atoms. The maximum Gasteiger partial charge on any atom is 0.412 e. The molecule has 5 atom stereocenters. The average Bonchev–Trinajstić information content (AvgIpc) is 3.28. The number of fused-ring (bicyclic) bond motifs is 2. The van der Waals surface area contributed by atoms with Crippen molar-refractivity contribution >= 4 is 36.8 Å². The summed E-state index contributed by atoms with van der Waals surface area (Å²) in [5.41, 5.74) is 1.50. The molecule has 13 heteroatoms. The van der Waals surface area contributed by atoms with Crippen molar-refractivity contribution in [2.45, 2.75) is 65.8 Å². The number of aliphatic hydroxyl groups is 1. The zero-order chi connectivity index (χ0) is 32.4. The number of benzene rings is 1. The van der Waals surface area contributed by atoms with Crippen molar-refractivity contribution in [2.24, 2.45) is 11.8 Å². The van der Waals surface area contributed by atoms with Crippen LogP contribution in [0.15, 0.2) is 59.7 Å². The van der Waals surface area contributed by atoms with Crippen molar-refractivity contribution in [3.05, 3.63) is 65.3 Å². The van der Waals surface area contributed by atoms with E-state index in [9.17, 15) is 28.8 Å². The second kappa shape index (κ2) is 13.1. The highest BCUT2D eigenvalue weighted by molar-refractivity contribution is 7.64. The molecule has 1 fully saturated rings. The van der Waals surface area contributed by atoms with Crippen LogP contribution >= 0.6 is 7.29 Å². The minimum absolute atomic E-state index is 0.0836. The Morgan fingerprint density at radius 3 is 2.41 bits per heavy atom. The van der Waals surface area contributed by atoms with Gasteiger partial charge in [-0.1, -0.05) is 62.4 Å². The number of amides is 2. The first-order valence-electron chi connectivity index (χ1n) is 14.7. The quantitative estimate of drug-likeness (QED) is 0.196. The first-order chi connectivity index (χ1) is 20.7. The molecule has 238 valence electrons. The molecule has 2 N–H and O–H groups in total. The topological polar surface area (TPSA) is 152 Å². The van der Waals surface area contributed by atoms with E-state index < -0.39 is 54.9 Å². The molecular formula is C31H40N3O9P. The molecule has 4 rings (SSSR count). The first-order valence-corrected chi connectivity index (χ1v) is 16.5. The molecule has 3 aliphatic rings. The maximum atomic E-state index is 14.7. The van der Waals surface area contributed by atoms with Gasteiger partial charge in [-0.25, -0.2) is 9.57 Å². The largest absolute Gasteiger partial charge is 0.465 e. The second-order valence-corrected chi connectivity index (χ2v) is 14.5. The van der Waals surface area contributed by atoms with Crippen molar-refractivity contribution in [1.82, 2.24) is 15.1 Å². The fraction of sp³-hybridized carbons (Fsp3) is 0.484. The molecule has 1 aliphatic heterocycles.